The molecule has 1 spiro atoms. The van der Waals surface area contributed by atoms with Gasteiger partial charge >= 0.3 is 6.09 Å². The molecule has 1 aliphatic carbocycles. The van der Waals surface area contributed by atoms with Crippen LogP contribution in [0, 0.1) is 11.7 Å². The molecule has 0 unspecified atom stereocenters. The van der Waals surface area contributed by atoms with Crippen LogP contribution in [0.4, 0.5) is 20.6 Å². The minimum atomic E-state index is -0.642. The van der Waals surface area contributed by atoms with Gasteiger partial charge in [-0.1, -0.05) is 6.42 Å². The molecular formula is C25H38FN7O2. The van der Waals surface area contributed by atoms with Gasteiger partial charge in [-0.2, -0.15) is 4.99 Å². The average Bonchev–Trinajstić information content (AvgIpc) is 2.77. The third-order valence-corrected chi connectivity index (χ3v) is 6.90. The lowest BCUT2D eigenvalue weighted by molar-refractivity contribution is 0.0188. The number of aliphatic imine (C=N–C) groups is 2. The van der Waals surface area contributed by atoms with Crippen molar-refractivity contribution in [3.8, 4) is 0 Å². The first-order chi connectivity index (χ1) is 16.6. The summed E-state index contributed by atoms with van der Waals surface area (Å²) in [5, 5.41) is 3.51. The van der Waals surface area contributed by atoms with Crippen LogP contribution in [0.15, 0.2) is 28.2 Å². The minimum absolute atomic E-state index is 0.170. The van der Waals surface area contributed by atoms with Crippen LogP contribution in [0.1, 0.15) is 65.7 Å². The number of nitrogens with two attached hydrogens (primary N) is 2. The molecule has 0 aromatic heterocycles. The van der Waals surface area contributed by atoms with Crippen LogP contribution in [-0.2, 0) is 4.74 Å². The van der Waals surface area contributed by atoms with Gasteiger partial charge < -0.3 is 26.4 Å². The normalized spacial score (nSPS) is 20.9. The maximum Gasteiger partial charge on any atom is 0.410 e. The van der Waals surface area contributed by atoms with Crippen molar-refractivity contribution in [1.29, 1.82) is 0 Å². The SMILES string of the molecule is CC(C)(C)OC(=O)N1CCC(CNc2ccc(F)cc2N2C(N)=NC(N)=NC23CCCCC3)CC1. The zero-order valence-corrected chi connectivity index (χ0v) is 21.0. The fourth-order valence-electron chi connectivity index (χ4n) is 5.21. The number of carbonyl (C=O) groups is 1. The predicted molar refractivity (Wildman–Crippen MR) is 137 cm³/mol. The van der Waals surface area contributed by atoms with Crippen molar-refractivity contribution >= 4 is 29.4 Å². The molecule has 1 amide bonds. The van der Waals surface area contributed by atoms with Crippen molar-refractivity contribution in [2.75, 3.05) is 29.9 Å². The molecule has 2 aliphatic heterocycles. The molecule has 2 fully saturated rings. The highest BCUT2D eigenvalue weighted by Gasteiger charge is 2.43. The van der Waals surface area contributed by atoms with Crippen LogP contribution in [-0.4, -0.2) is 53.8 Å². The number of amides is 1. The van der Waals surface area contributed by atoms with E-state index in [1.807, 2.05) is 25.7 Å². The number of ether oxygens (including phenoxy) is 1. The Labute approximate surface area is 206 Å². The van der Waals surface area contributed by atoms with Crippen molar-refractivity contribution in [3.63, 3.8) is 0 Å². The molecule has 9 nitrogen and oxygen atoms in total. The first kappa shape index (κ1) is 25.1. The molecule has 0 bridgehead atoms. The van der Waals surface area contributed by atoms with Crippen LogP contribution in [0.2, 0.25) is 0 Å². The predicted octanol–water partition coefficient (Wildman–Crippen LogP) is 3.99. The van der Waals surface area contributed by atoms with Crippen molar-refractivity contribution in [2.45, 2.75) is 77.0 Å². The van der Waals surface area contributed by atoms with Gasteiger partial charge in [0.15, 0.2) is 0 Å². The minimum Gasteiger partial charge on any atom is -0.444 e. The van der Waals surface area contributed by atoms with E-state index in [2.05, 4.69) is 10.3 Å². The molecule has 1 aromatic rings. The van der Waals surface area contributed by atoms with Crippen molar-refractivity contribution in [1.82, 2.24) is 4.90 Å². The second-order valence-electron chi connectivity index (χ2n) is 10.8. The van der Waals surface area contributed by atoms with Gasteiger partial charge in [0.05, 0.1) is 11.4 Å². The summed E-state index contributed by atoms with van der Waals surface area (Å²) < 4.78 is 19.9. The Bertz CT molecular complexity index is 990. The summed E-state index contributed by atoms with van der Waals surface area (Å²) in [4.78, 5) is 24.9. The Hall–Kier alpha value is -3.04. The van der Waals surface area contributed by atoms with Gasteiger partial charge in [-0.25, -0.2) is 14.2 Å². The largest absolute Gasteiger partial charge is 0.444 e. The number of halogens is 1. The summed E-state index contributed by atoms with van der Waals surface area (Å²) in [5.74, 6) is 0.427. The lowest BCUT2D eigenvalue weighted by atomic mass is 9.87. The van der Waals surface area contributed by atoms with Crippen LogP contribution >= 0.6 is 0 Å². The van der Waals surface area contributed by atoms with Crippen LogP contribution in [0.5, 0.6) is 0 Å². The van der Waals surface area contributed by atoms with Crippen molar-refractivity contribution in [2.24, 2.45) is 27.4 Å². The number of guanidine groups is 2. The lowest BCUT2D eigenvalue weighted by Gasteiger charge is -2.46. The molecule has 2 heterocycles. The molecular weight excluding hydrogens is 449 g/mol. The molecule has 5 N–H and O–H groups in total. The second kappa shape index (κ2) is 9.91. The van der Waals surface area contributed by atoms with Crippen molar-refractivity contribution in [3.05, 3.63) is 24.0 Å². The molecule has 35 heavy (non-hydrogen) atoms. The van der Waals surface area contributed by atoms with E-state index in [1.54, 1.807) is 11.0 Å². The number of nitrogens with zero attached hydrogens (tertiary/aromatic N) is 4. The molecule has 0 atom stereocenters. The van der Waals surface area contributed by atoms with E-state index >= 15 is 0 Å². The third kappa shape index (κ3) is 5.79. The summed E-state index contributed by atoms with van der Waals surface area (Å²) in [6.07, 6.45) is 6.14. The van der Waals surface area contributed by atoms with E-state index < -0.39 is 11.3 Å². The number of nitrogens with one attached hydrogen (secondary N) is 1. The van der Waals surface area contributed by atoms with Gasteiger partial charge in [0.25, 0.3) is 0 Å². The van der Waals surface area contributed by atoms with E-state index in [0.717, 1.165) is 50.6 Å². The topological polar surface area (TPSA) is 122 Å². The highest BCUT2D eigenvalue weighted by Crippen LogP contribution is 2.42. The molecule has 0 radical (unpaired) electrons. The van der Waals surface area contributed by atoms with Gasteiger partial charge in [0.1, 0.15) is 17.1 Å². The van der Waals surface area contributed by atoms with Crippen LogP contribution in [0.3, 0.4) is 0 Å². The van der Waals surface area contributed by atoms with Gasteiger partial charge in [-0.15, -0.1) is 0 Å². The Kier molecular flexibility index (Phi) is 7.10. The zero-order chi connectivity index (χ0) is 25.2. The van der Waals surface area contributed by atoms with E-state index in [9.17, 15) is 9.18 Å². The first-order valence-corrected chi connectivity index (χ1v) is 12.6. The number of benzene rings is 1. The van der Waals surface area contributed by atoms with E-state index in [0.29, 0.717) is 31.2 Å². The number of carbonyl (C=O) groups excluding carboxylic acids is 1. The van der Waals surface area contributed by atoms with Gasteiger partial charge in [0.2, 0.25) is 11.9 Å². The summed E-state index contributed by atoms with van der Waals surface area (Å²) in [7, 11) is 0. The summed E-state index contributed by atoms with van der Waals surface area (Å²) >= 11 is 0. The highest BCUT2D eigenvalue weighted by molar-refractivity contribution is 6.07. The van der Waals surface area contributed by atoms with Gasteiger partial charge in [-0.05, 0) is 83.4 Å². The summed E-state index contributed by atoms with van der Waals surface area (Å²) in [5.41, 5.74) is 12.6. The van der Waals surface area contributed by atoms with Crippen LogP contribution < -0.4 is 21.7 Å². The van der Waals surface area contributed by atoms with E-state index in [-0.39, 0.29) is 23.8 Å². The number of hydrogen-bond donors (Lipinski definition) is 3. The van der Waals surface area contributed by atoms with Gasteiger partial charge in [0, 0.05) is 19.6 Å². The van der Waals surface area contributed by atoms with E-state index in [1.165, 1.54) is 12.1 Å². The Morgan fingerprint density at radius 2 is 1.89 bits per heavy atom. The zero-order valence-electron chi connectivity index (χ0n) is 21.0. The number of piperidine rings is 1. The maximum absolute atomic E-state index is 14.4. The third-order valence-electron chi connectivity index (χ3n) is 6.90. The fourth-order valence-corrected chi connectivity index (χ4v) is 5.21. The molecule has 1 saturated heterocycles. The summed E-state index contributed by atoms with van der Waals surface area (Å²) in [6, 6.07) is 4.68. The monoisotopic (exact) mass is 487 g/mol. The lowest BCUT2D eigenvalue weighted by Crippen LogP contribution is -2.58. The second-order valence-corrected chi connectivity index (χ2v) is 10.8. The number of likely N-dealkylation sites (tertiary alicyclic amines) is 1. The Morgan fingerprint density at radius 3 is 2.54 bits per heavy atom. The molecule has 3 aliphatic rings. The average molecular weight is 488 g/mol. The van der Waals surface area contributed by atoms with Crippen molar-refractivity contribution < 1.29 is 13.9 Å². The summed E-state index contributed by atoms with van der Waals surface area (Å²) in [6.45, 7) is 7.63. The molecule has 1 aromatic carbocycles. The van der Waals surface area contributed by atoms with Gasteiger partial charge in [-0.3, -0.25) is 4.90 Å². The fraction of sp³-hybridized carbons (Fsp3) is 0.640. The molecule has 192 valence electrons. The number of hydrogen-bond acceptors (Lipinski definition) is 8. The van der Waals surface area contributed by atoms with Crippen LogP contribution in [0.25, 0.3) is 0 Å². The number of rotatable bonds is 4. The molecule has 1 saturated carbocycles. The first-order valence-electron chi connectivity index (χ1n) is 12.6. The highest BCUT2D eigenvalue weighted by atomic mass is 19.1. The molecule has 4 rings (SSSR count). The quantitative estimate of drug-likeness (QED) is 0.590. The Balaban J connectivity index is 1.46. The Morgan fingerprint density at radius 1 is 1.20 bits per heavy atom. The van der Waals surface area contributed by atoms with E-state index in [4.69, 9.17) is 21.2 Å². The molecule has 10 heteroatoms. The smallest absolute Gasteiger partial charge is 0.410 e. The standard InChI is InChI=1S/C25H38FN7O2/c1-24(2,3)35-23(34)32-13-9-17(10-14-32)16-29-19-8-7-18(26)15-20(19)33-22(28)30-21(27)31-25(33)11-5-4-6-12-25/h7-8,15,17,29H,4-6,9-14,16H2,1-3H3,(H4,27,28,30,31). The number of anilines is 2. The maximum atomic E-state index is 14.4.